The molecule has 0 fully saturated rings. The van der Waals surface area contributed by atoms with Crippen LogP contribution in [0.4, 0.5) is 5.69 Å². The van der Waals surface area contributed by atoms with Gasteiger partial charge in [-0.05, 0) is 44.5 Å². The van der Waals surface area contributed by atoms with E-state index in [1.54, 1.807) is 45.0 Å². The second-order valence-electron chi connectivity index (χ2n) is 5.57. The Labute approximate surface area is 160 Å². The Balaban J connectivity index is 2.01. The highest BCUT2D eigenvalue weighted by atomic mass is 32.2. The van der Waals surface area contributed by atoms with Gasteiger partial charge in [-0.3, -0.25) is 9.59 Å². The molecule has 1 atom stereocenters. The SMILES string of the molecule is CCOC(=O)c1ccc(NC(=O)[C@H](C)Sc2nc(O)c(CC)c(=O)[nH]2)cc1. The number of nitrogens with zero attached hydrogens (tertiary/aromatic N) is 1. The molecule has 0 saturated carbocycles. The number of amides is 1. The number of esters is 1. The number of benzene rings is 1. The predicted molar refractivity (Wildman–Crippen MR) is 102 cm³/mol. The molecule has 0 aliphatic heterocycles. The lowest BCUT2D eigenvalue weighted by molar-refractivity contribution is -0.115. The number of nitrogens with one attached hydrogen (secondary N) is 2. The first-order valence-electron chi connectivity index (χ1n) is 8.42. The lowest BCUT2D eigenvalue weighted by Crippen LogP contribution is -2.23. The molecular formula is C18H21N3O5S. The highest BCUT2D eigenvalue weighted by Gasteiger charge is 2.18. The normalized spacial score (nSPS) is 11.7. The Morgan fingerprint density at radius 3 is 2.52 bits per heavy atom. The van der Waals surface area contributed by atoms with Crippen molar-refractivity contribution in [2.45, 2.75) is 37.6 Å². The molecule has 0 aliphatic rings. The van der Waals surface area contributed by atoms with E-state index in [0.717, 1.165) is 11.8 Å². The van der Waals surface area contributed by atoms with Crippen molar-refractivity contribution >= 4 is 29.3 Å². The molecule has 1 aromatic heterocycles. The van der Waals surface area contributed by atoms with E-state index in [1.807, 2.05) is 0 Å². The number of anilines is 1. The summed E-state index contributed by atoms with van der Waals surface area (Å²) in [6, 6.07) is 6.32. The van der Waals surface area contributed by atoms with Crippen molar-refractivity contribution in [2.24, 2.45) is 0 Å². The van der Waals surface area contributed by atoms with Gasteiger partial charge in [-0.25, -0.2) is 4.79 Å². The first kappa shape index (κ1) is 20.5. The Bertz CT molecular complexity index is 880. The van der Waals surface area contributed by atoms with Crippen molar-refractivity contribution in [2.75, 3.05) is 11.9 Å². The lowest BCUT2D eigenvalue weighted by Gasteiger charge is -2.12. The molecule has 144 valence electrons. The molecule has 2 aromatic rings. The van der Waals surface area contributed by atoms with E-state index < -0.39 is 16.8 Å². The topological polar surface area (TPSA) is 121 Å². The maximum atomic E-state index is 12.3. The number of carbonyl (C=O) groups excluding carboxylic acids is 2. The lowest BCUT2D eigenvalue weighted by atomic mass is 10.2. The molecule has 1 heterocycles. The van der Waals surface area contributed by atoms with Gasteiger partial charge in [-0.2, -0.15) is 4.98 Å². The third-order valence-corrected chi connectivity index (χ3v) is 4.63. The van der Waals surface area contributed by atoms with Crippen LogP contribution in [0.2, 0.25) is 0 Å². The van der Waals surface area contributed by atoms with Crippen LogP contribution in [-0.4, -0.2) is 38.8 Å². The summed E-state index contributed by atoms with van der Waals surface area (Å²) in [7, 11) is 0. The summed E-state index contributed by atoms with van der Waals surface area (Å²) in [5.41, 5.74) is 0.699. The highest BCUT2D eigenvalue weighted by molar-refractivity contribution is 8.00. The van der Waals surface area contributed by atoms with Gasteiger partial charge in [0.1, 0.15) is 0 Å². The minimum Gasteiger partial charge on any atom is -0.493 e. The maximum Gasteiger partial charge on any atom is 0.338 e. The van der Waals surface area contributed by atoms with Gasteiger partial charge in [0.15, 0.2) is 5.16 Å². The third-order valence-electron chi connectivity index (χ3n) is 3.65. The summed E-state index contributed by atoms with van der Waals surface area (Å²) in [5, 5.41) is 12.1. The number of H-pyrrole nitrogens is 1. The Hall–Kier alpha value is -2.81. The second-order valence-corrected chi connectivity index (χ2v) is 6.90. The maximum absolute atomic E-state index is 12.3. The van der Waals surface area contributed by atoms with Gasteiger partial charge in [0.05, 0.1) is 23.0 Å². The smallest absolute Gasteiger partial charge is 0.338 e. The third kappa shape index (κ3) is 5.33. The zero-order valence-electron chi connectivity index (χ0n) is 15.2. The first-order chi connectivity index (χ1) is 12.8. The summed E-state index contributed by atoms with van der Waals surface area (Å²) in [4.78, 5) is 42.3. The standard InChI is InChI=1S/C18H21N3O5S/c1-4-13-15(23)20-18(21-16(13)24)27-10(3)14(22)19-12-8-6-11(7-9-12)17(25)26-5-2/h6-10H,4-5H2,1-3H3,(H,19,22)(H2,20,21,23,24)/t10-/m0/s1. The predicted octanol–water partition coefficient (Wildman–Crippen LogP) is 2.33. The van der Waals surface area contributed by atoms with Crippen molar-refractivity contribution in [3.63, 3.8) is 0 Å². The van der Waals surface area contributed by atoms with Gasteiger partial charge in [-0.15, -0.1) is 0 Å². The zero-order chi connectivity index (χ0) is 20.0. The Morgan fingerprint density at radius 1 is 1.30 bits per heavy atom. The summed E-state index contributed by atoms with van der Waals surface area (Å²) in [5.74, 6) is -1.07. The van der Waals surface area contributed by atoms with E-state index >= 15 is 0 Å². The number of thioether (sulfide) groups is 1. The van der Waals surface area contributed by atoms with E-state index in [4.69, 9.17) is 4.74 Å². The van der Waals surface area contributed by atoms with Crippen LogP contribution in [0.15, 0.2) is 34.2 Å². The van der Waals surface area contributed by atoms with Crippen LogP contribution in [0.3, 0.4) is 0 Å². The molecule has 0 spiro atoms. The molecule has 2 rings (SSSR count). The average Bonchev–Trinajstić information content (AvgIpc) is 2.62. The highest BCUT2D eigenvalue weighted by Crippen LogP contribution is 2.22. The largest absolute Gasteiger partial charge is 0.493 e. The number of hydrogen-bond donors (Lipinski definition) is 3. The van der Waals surface area contributed by atoms with Crippen molar-refractivity contribution in [3.05, 3.63) is 45.7 Å². The molecule has 9 heteroatoms. The zero-order valence-corrected chi connectivity index (χ0v) is 16.1. The molecule has 0 radical (unpaired) electrons. The Morgan fingerprint density at radius 2 is 1.96 bits per heavy atom. The number of rotatable bonds is 7. The van der Waals surface area contributed by atoms with E-state index in [2.05, 4.69) is 15.3 Å². The number of aromatic hydroxyl groups is 1. The molecule has 0 saturated heterocycles. The van der Waals surface area contributed by atoms with Crippen molar-refractivity contribution < 1.29 is 19.4 Å². The van der Waals surface area contributed by atoms with Crippen LogP contribution in [0.25, 0.3) is 0 Å². The number of carbonyl (C=O) groups is 2. The Kier molecular flexibility index (Phi) is 7.00. The molecular weight excluding hydrogens is 370 g/mol. The van der Waals surface area contributed by atoms with Crippen LogP contribution in [0.5, 0.6) is 5.88 Å². The van der Waals surface area contributed by atoms with Gasteiger partial charge in [0.2, 0.25) is 11.8 Å². The van der Waals surface area contributed by atoms with Gasteiger partial charge in [0, 0.05) is 5.69 Å². The van der Waals surface area contributed by atoms with Gasteiger partial charge < -0.3 is 20.1 Å². The molecule has 8 nitrogen and oxygen atoms in total. The number of hydrogen-bond acceptors (Lipinski definition) is 7. The summed E-state index contributed by atoms with van der Waals surface area (Å²) in [6.07, 6.45) is 0.358. The van der Waals surface area contributed by atoms with E-state index in [9.17, 15) is 19.5 Å². The fourth-order valence-electron chi connectivity index (χ4n) is 2.21. The molecule has 1 aromatic carbocycles. The summed E-state index contributed by atoms with van der Waals surface area (Å²) in [6.45, 7) is 5.40. The van der Waals surface area contributed by atoms with Crippen LogP contribution >= 0.6 is 11.8 Å². The summed E-state index contributed by atoms with van der Waals surface area (Å²) >= 11 is 1.02. The van der Waals surface area contributed by atoms with Crippen molar-refractivity contribution in [1.29, 1.82) is 0 Å². The van der Waals surface area contributed by atoms with Crippen LogP contribution in [0.1, 0.15) is 36.7 Å². The minimum absolute atomic E-state index is 0.162. The van der Waals surface area contributed by atoms with Crippen molar-refractivity contribution in [3.8, 4) is 5.88 Å². The fraction of sp³-hybridized carbons (Fsp3) is 0.333. The summed E-state index contributed by atoms with van der Waals surface area (Å²) < 4.78 is 4.90. The van der Waals surface area contributed by atoms with E-state index in [0.29, 0.717) is 17.7 Å². The quantitative estimate of drug-likeness (QED) is 0.376. The van der Waals surface area contributed by atoms with E-state index in [1.165, 1.54) is 0 Å². The second kappa shape index (κ2) is 9.22. The van der Waals surface area contributed by atoms with Gasteiger partial charge in [-0.1, -0.05) is 18.7 Å². The molecule has 3 N–H and O–H groups in total. The van der Waals surface area contributed by atoms with Crippen LogP contribution in [0, 0.1) is 0 Å². The number of aromatic amines is 1. The number of ether oxygens (including phenoxy) is 1. The fourth-order valence-corrected chi connectivity index (χ4v) is 3.00. The van der Waals surface area contributed by atoms with Gasteiger partial charge in [0.25, 0.3) is 5.56 Å². The molecule has 0 aliphatic carbocycles. The average molecular weight is 391 g/mol. The van der Waals surface area contributed by atoms with Crippen molar-refractivity contribution in [1.82, 2.24) is 9.97 Å². The number of aromatic nitrogens is 2. The molecule has 0 unspecified atom stereocenters. The minimum atomic E-state index is -0.579. The monoisotopic (exact) mass is 391 g/mol. The first-order valence-corrected chi connectivity index (χ1v) is 9.30. The van der Waals surface area contributed by atoms with Gasteiger partial charge >= 0.3 is 5.97 Å². The molecule has 27 heavy (non-hydrogen) atoms. The van der Waals surface area contributed by atoms with Crippen LogP contribution in [-0.2, 0) is 16.0 Å². The molecule has 1 amide bonds. The molecule has 0 bridgehead atoms. The van der Waals surface area contributed by atoms with Crippen LogP contribution < -0.4 is 10.9 Å². The van der Waals surface area contributed by atoms with E-state index in [-0.39, 0.29) is 29.1 Å².